The Morgan fingerprint density at radius 3 is 2.76 bits per heavy atom. The molecule has 34 heavy (non-hydrogen) atoms. The number of aromatic nitrogens is 5. The predicted octanol–water partition coefficient (Wildman–Crippen LogP) is 3.43. The van der Waals surface area contributed by atoms with E-state index in [4.69, 9.17) is 0 Å². The molecule has 1 aromatic carbocycles. The quantitative estimate of drug-likeness (QED) is 0.257. The van der Waals surface area contributed by atoms with E-state index in [9.17, 15) is 14.4 Å². The molecule has 0 spiro atoms. The van der Waals surface area contributed by atoms with Gasteiger partial charge in [-0.1, -0.05) is 0 Å². The summed E-state index contributed by atoms with van der Waals surface area (Å²) < 4.78 is 1.62. The second-order valence-electron chi connectivity index (χ2n) is 8.32. The van der Waals surface area contributed by atoms with Crippen molar-refractivity contribution in [1.29, 1.82) is 0 Å². The van der Waals surface area contributed by atoms with Crippen LogP contribution < -0.4 is 16.3 Å². The number of nitrogens with one attached hydrogen (secondary N) is 5. The minimum absolute atomic E-state index is 0.153. The highest BCUT2D eigenvalue weighted by Gasteiger charge is 2.28. The van der Waals surface area contributed by atoms with Crippen molar-refractivity contribution in [3.8, 4) is 10.4 Å². The smallest absolute Gasteiger partial charge is 0.326 e. The average Bonchev–Trinajstić information content (AvgIpc) is 3.23. The molecule has 6 rings (SSSR count). The van der Waals surface area contributed by atoms with Gasteiger partial charge in [0.15, 0.2) is 0 Å². The maximum atomic E-state index is 13.2. The molecule has 1 aliphatic rings. The molecule has 1 saturated carbocycles. The lowest BCUT2D eigenvalue weighted by atomic mass is 10.1. The van der Waals surface area contributed by atoms with Crippen LogP contribution in [0.3, 0.4) is 0 Å². The zero-order valence-electron chi connectivity index (χ0n) is 18.2. The van der Waals surface area contributed by atoms with E-state index in [2.05, 4.69) is 30.8 Å². The molecule has 5 N–H and O–H groups in total. The standard InChI is InChI=1S/C23H21N7O3S/c1-2-30-16-7-13-14(8-15(16)28-23(30)33)27-20(19(13)22(32)26-12-3-4-12)29-21(31)18-6-5-17(34-18)11-9-24-25-10-11/h5-10,12,27H,2-4H2,1H3,(H,24,25)(H,26,32)(H,28,33)(H,29,31). The summed E-state index contributed by atoms with van der Waals surface area (Å²) >= 11 is 1.34. The molecule has 1 fully saturated rings. The summed E-state index contributed by atoms with van der Waals surface area (Å²) in [5.74, 6) is -0.244. The Bertz CT molecular complexity index is 1620. The maximum absolute atomic E-state index is 13.2. The van der Waals surface area contributed by atoms with Crippen molar-refractivity contribution in [2.75, 3.05) is 5.32 Å². The fourth-order valence-corrected chi connectivity index (χ4v) is 5.03. The molecule has 5 aromatic rings. The Balaban J connectivity index is 1.42. The normalized spacial score (nSPS) is 13.6. The number of carbonyl (C=O) groups is 2. The molecular formula is C23H21N7O3S. The van der Waals surface area contributed by atoms with Crippen molar-refractivity contribution in [3.05, 3.63) is 57.6 Å². The Hall–Kier alpha value is -4.12. The van der Waals surface area contributed by atoms with Gasteiger partial charge < -0.3 is 20.6 Å². The second-order valence-corrected chi connectivity index (χ2v) is 9.40. The van der Waals surface area contributed by atoms with Crippen LogP contribution in [-0.2, 0) is 6.54 Å². The van der Waals surface area contributed by atoms with Crippen LogP contribution in [-0.4, -0.2) is 42.6 Å². The van der Waals surface area contributed by atoms with Crippen LogP contribution in [0.25, 0.3) is 32.4 Å². The van der Waals surface area contributed by atoms with Crippen molar-refractivity contribution < 1.29 is 9.59 Å². The number of aromatic amines is 3. The lowest BCUT2D eigenvalue weighted by molar-refractivity contribution is 0.0953. The molecule has 4 aromatic heterocycles. The zero-order valence-corrected chi connectivity index (χ0v) is 19.0. The number of benzene rings is 1. The number of carbonyl (C=O) groups excluding carboxylic acids is 2. The average molecular weight is 476 g/mol. The van der Waals surface area contributed by atoms with Gasteiger partial charge in [-0.05, 0) is 44.0 Å². The van der Waals surface area contributed by atoms with E-state index >= 15 is 0 Å². The lowest BCUT2D eigenvalue weighted by Gasteiger charge is -2.07. The fraction of sp³-hybridized carbons (Fsp3) is 0.217. The Labute approximate surface area is 196 Å². The topological polar surface area (TPSA) is 140 Å². The minimum Gasteiger partial charge on any atom is -0.349 e. The molecule has 4 heterocycles. The first-order chi connectivity index (χ1) is 16.5. The first kappa shape index (κ1) is 20.5. The van der Waals surface area contributed by atoms with Crippen LogP contribution in [0.15, 0.2) is 41.5 Å². The van der Waals surface area contributed by atoms with E-state index in [1.807, 2.05) is 19.1 Å². The Morgan fingerprint density at radius 1 is 1.18 bits per heavy atom. The molecule has 0 atom stereocenters. The summed E-state index contributed by atoms with van der Waals surface area (Å²) in [5.41, 5.74) is 3.08. The monoisotopic (exact) mass is 475 g/mol. The molecule has 172 valence electrons. The lowest BCUT2D eigenvalue weighted by Crippen LogP contribution is -2.26. The Kier molecular flexibility index (Phi) is 4.66. The van der Waals surface area contributed by atoms with Gasteiger partial charge in [0.25, 0.3) is 11.8 Å². The minimum atomic E-state index is -0.317. The van der Waals surface area contributed by atoms with Gasteiger partial charge in [0.05, 0.1) is 33.2 Å². The van der Waals surface area contributed by atoms with E-state index in [0.717, 1.165) is 23.3 Å². The number of thiophene rings is 1. The fourth-order valence-electron chi connectivity index (χ4n) is 4.15. The van der Waals surface area contributed by atoms with Gasteiger partial charge in [-0.2, -0.15) is 5.10 Å². The first-order valence-electron chi connectivity index (χ1n) is 11.0. The summed E-state index contributed by atoms with van der Waals surface area (Å²) in [5, 5.41) is 13.3. The van der Waals surface area contributed by atoms with Gasteiger partial charge in [0.1, 0.15) is 5.82 Å². The molecular weight excluding hydrogens is 454 g/mol. The van der Waals surface area contributed by atoms with Gasteiger partial charge in [-0.25, -0.2) is 4.79 Å². The summed E-state index contributed by atoms with van der Waals surface area (Å²) in [4.78, 5) is 46.0. The largest absolute Gasteiger partial charge is 0.349 e. The number of anilines is 1. The third-order valence-corrected chi connectivity index (χ3v) is 7.13. The van der Waals surface area contributed by atoms with Crippen LogP contribution in [0.1, 0.15) is 39.8 Å². The molecule has 2 amide bonds. The van der Waals surface area contributed by atoms with Crippen LogP contribution in [0.5, 0.6) is 0 Å². The highest BCUT2D eigenvalue weighted by Crippen LogP contribution is 2.32. The van der Waals surface area contributed by atoms with Crippen molar-refractivity contribution in [3.63, 3.8) is 0 Å². The first-order valence-corrected chi connectivity index (χ1v) is 11.8. The molecule has 0 radical (unpaired) electrons. The number of imidazole rings is 1. The van der Waals surface area contributed by atoms with Crippen LogP contribution >= 0.6 is 11.3 Å². The number of nitrogens with zero attached hydrogens (tertiary/aromatic N) is 2. The molecule has 0 aliphatic heterocycles. The molecule has 1 aliphatic carbocycles. The number of fused-ring (bicyclic) bond motifs is 2. The second kappa shape index (κ2) is 7.73. The molecule has 0 unspecified atom stereocenters. The van der Waals surface area contributed by atoms with Crippen LogP contribution in [0.2, 0.25) is 0 Å². The van der Waals surface area contributed by atoms with E-state index in [0.29, 0.717) is 44.7 Å². The predicted molar refractivity (Wildman–Crippen MR) is 130 cm³/mol. The van der Waals surface area contributed by atoms with Crippen molar-refractivity contribution in [1.82, 2.24) is 30.0 Å². The van der Waals surface area contributed by atoms with E-state index in [1.54, 1.807) is 29.1 Å². The summed E-state index contributed by atoms with van der Waals surface area (Å²) in [6, 6.07) is 7.38. The highest BCUT2D eigenvalue weighted by atomic mass is 32.1. The number of amides is 2. The molecule has 0 bridgehead atoms. The van der Waals surface area contributed by atoms with Gasteiger partial charge in [0, 0.05) is 34.6 Å². The maximum Gasteiger partial charge on any atom is 0.326 e. The third-order valence-electron chi connectivity index (χ3n) is 6.00. The van der Waals surface area contributed by atoms with Gasteiger partial charge in [-0.15, -0.1) is 11.3 Å². The van der Waals surface area contributed by atoms with E-state index in [1.165, 1.54) is 11.3 Å². The number of H-pyrrole nitrogens is 3. The number of aryl methyl sites for hydroxylation is 1. The summed E-state index contributed by atoms with van der Waals surface area (Å²) in [7, 11) is 0. The third kappa shape index (κ3) is 3.41. The van der Waals surface area contributed by atoms with E-state index in [-0.39, 0.29) is 23.5 Å². The molecule has 11 heteroatoms. The van der Waals surface area contributed by atoms with Crippen LogP contribution in [0.4, 0.5) is 5.82 Å². The number of hydrogen-bond donors (Lipinski definition) is 5. The number of hydrogen-bond acceptors (Lipinski definition) is 5. The van der Waals surface area contributed by atoms with Crippen molar-refractivity contribution >= 4 is 50.9 Å². The summed E-state index contributed by atoms with van der Waals surface area (Å²) in [6.45, 7) is 2.39. The van der Waals surface area contributed by atoms with Crippen LogP contribution in [0, 0.1) is 0 Å². The van der Waals surface area contributed by atoms with Gasteiger partial charge in [0.2, 0.25) is 0 Å². The molecule has 10 nitrogen and oxygen atoms in total. The van der Waals surface area contributed by atoms with Crippen molar-refractivity contribution in [2.24, 2.45) is 0 Å². The SMILES string of the molecule is CCn1c(=O)[nH]c2cc3[nH]c(NC(=O)c4ccc(-c5cn[nH]c5)s4)c(C(=O)NC4CC4)c3cc21. The van der Waals surface area contributed by atoms with Gasteiger partial charge in [-0.3, -0.25) is 19.3 Å². The zero-order chi connectivity index (χ0) is 23.4. The molecule has 0 saturated heterocycles. The van der Waals surface area contributed by atoms with Gasteiger partial charge >= 0.3 is 5.69 Å². The summed E-state index contributed by atoms with van der Waals surface area (Å²) in [6.07, 6.45) is 5.35. The van der Waals surface area contributed by atoms with Crippen molar-refractivity contribution in [2.45, 2.75) is 32.4 Å². The van der Waals surface area contributed by atoms with E-state index < -0.39 is 0 Å². The Morgan fingerprint density at radius 2 is 2.03 bits per heavy atom. The number of rotatable bonds is 6. The highest BCUT2D eigenvalue weighted by molar-refractivity contribution is 7.17.